The first-order valence-corrected chi connectivity index (χ1v) is 23.8. The fraction of sp³-hybridized carbons (Fsp3) is 0.688. The number of hydrogen-bond donors (Lipinski definition) is 1. The van der Waals surface area contributed by atoms with Gasteiger partial charge in [-0.25, -0.2) is 4.57 Å². The summed E-state index contributed by atoms with van der Waals surface area (Å²) in [6.07, 6.45) is 53.4. The van der Waals surface area contributed by atoms with E-state index in [0.717, 1.165) is 57.8 Å². The molecule has 0 spiro atoms. The second-order valence-electron chi connectivity index (χ2n) is 15.7. The zero-order valence-corrected chi connectivity index (χ0v) is 37.9. The van der Waals surface area contributed by atoms with Gasteiger partial charge in [-0.1, -0.05) is 150 Å². The average Bonchev–Trinajstić information content (AvgIpc) is 3.16. The lowest BCUT2D eigenvalue weighted by molar-refractivity contribution is -0.870. The summed E-state index contributed by atoms with van der Waals surface area (Å²) < 4.78 is 34.9. The molecule has 0 bridgehead atoms. The van der Waals surface area contributed by atoms with Crippen LogP contribution in [-0.2, 0) is 27.9 Å². The van der Waals surface area contributed by atoms with Gasteiger partial charge in [-0.2, -0.15) is 0 Å². The summed E-state index contributed by atoms with van der Waals surface area (Å²) in [5.74, 6) is -0.375. The first kappa shape index (κ1) is 54.7. The van der Waals surface area contributed by atoms with Gasteiger partial charge in [0.25, 0.3) is 0 Å². The molecule has 0 aromatic heterocycles. The number of unbranched alkanes of at least 4 members (excludes halogenated alkanes) is 12. The van der Waals surface area contributed by atoms with Gasteiger partial charge in [0.15, 0.2) is 0 Å². The third-order valence-corrected chi connectivity index (χ3v) is 9.92. The summed E-state index contributed by atoms with van der Waals surface area (Å²) in [5, 5.41) is 0. The van der Waals surface area contributed by atoms with E-state index in [-0.39, 0.29) is 32.2 Å². The number of carbonyl (C=O) groups is 1. The van der Waals surface area contributed by atoms with Gasteiger partial charge >= 0.3 is 13.8 Å². The van der Waals surface area contributed by atoms with Crippen LogP contribution in [0.15, 0.2) is 85.1 Å². The Kier molecular flexibility index (Phi) is 38.8. The maximum absolute atomic E-state index is 12.7. The Morgan fingerprint density at radius 1 is 0.561 bits per heavy atom. The number of quaternary nitrogens is 1. The number of allylic oxidation sites excluding steroid dienone is 14. The highest BCUT2D eigenvalue weighted by atomic mass is 31.2. The molecule has 8 nitrogen and oxygen atoms in total. The fourth-order valence-corrected chi connectivity index (χ4v) is 6.24. The predicted molar refractivity (Wildman–Crippen MR) is 242 cm³/mol. The minimum Gasteiger partial charge on any atom is -0.457 e. The number of rotatable bonds is 40. The molecular weight excluding hydrogens is 734 g/mol. The standard InChI is InChI=1S/C48H84NO7P/c1-6-8-10-12-14-16-18-20-22-24-26-28-30-32-34-36-38-40-43-53-45-47(46-55-57(51,52)54-44-42-49(3,4)5)56-48(50)41-39-37-35-33-31-29-27-25-23-21-19-17-15-13-11-9-7-2/h9,11,14-17,20-23,27,29,33,35,47H,6-8,10,12-13,18-19,24-26,28,30-32,34,36-46H2,1-5H3/p+1/b11-9-,16-14-,17-15-,22-20-,23-21-,29-27-,35-33-. The van der Waals surface area contributed by atoms with E-state index in [1.54, 1.807) is 0 Å². The molecule has 2 atom stereocenters. The maximum atomic E-state index is 12.7. The molecule has 0 amide bonds. The monoisotopic (exact) mass is 819 g/mol. The average molecular weight is 819 g/mol. The van der Waals surface area contributed by atoms with Crippen molar-refractivity contribution in [3.8, 4) is 0 Å². The second-order valence-corrected chi connectivity index (χ2v) is 17.1. The predicted octanol–water partition coefficient (Wildman–Crippen LogP) is 13.3. The minimum absolute atomic E-state index is 0.0722. The van der Waals surface area contributed by atoms with Crippen molar-refractivity contribution in [1.29, 1.82) is 0 Å². The van der Waals surface area contributed by atoms with Gasteiger partial charge in [0.2, 0.25) is 0 Å². The van der Waals surface area contributed by atoms with Crippen molar-refractivity contribution in [3.05, 3.63) is 85.1 Å². The van der Waals surface area contributed by atoms with Crippen LogP contribution in [0.25, 0.3) is 0 Å². The number of esters is 1. The minimum atomic E-state index is -4.30. The highest BCUT2D eigenvalue weighted by Crippen LogP contribution is 2.43. The van der Waals surface area contributed by atoms with Crippen molar-refractivity contribution in [3.63, 3.8) is 0 Å². The van der Waals surface area contributed by atoms with Crippen molar-refractivity contribution < 1.29 is 37.3 Å². The van der Waals surface area contributed by atoms with Crippen LogP contribution in [0, 0.1) is 0 Å². The SMILES string of the molecule is CC/C=C\C/C=C\C/C=C\C/C=C\C/C=C\CCCC(=O)OC(COCCCCCCCCCC/C=C\C/C=C\CCCCC)COP(=O)(O)OCC[N+](C)(C)C. The largest absolute Gasteiger partial charge is 0.472 e. The summed E-state index contributed by atoms with van der Waals surface area (Å²) in [7, 11) is 1.61. The van der Waals surface area contributed by atoms with E-state index in [9.17, 15) is 14.3 Å². The zero-order valence-electron chi connectivity index (χ0n) is 37.0. The molecule has 0 fully saturated rings. The lowest BCUT2D eigenvalue weighted by Crippen LogP contribution is -2.37. The Labute approximate surface area is 350 Å². The number of nitrogens with zero attached hydrogens (tertiary/aromatic N) is 1. The molecule has 0 aliphatic heterocycles. The summed E-state index contributed by atoms with van der Waals surface area (Å²) >= 11 is 0. The molecule has 0 aromatic carbocycles. The van der Waals surface area contributed by atoms with E-state index < -0.39 is 13.9 Å². The molecule has 57 heavy (non-hydrogen) atoms. The van der Waals surface area contributed by atoms with E-state index in [0.29, 0.717) is 24.1 Å². The molecular formula is C48H85NO7P+. The molecule has 0 rings (SSSR count). The second kappa shape index (κ2) is 40.5. The number of likely N-dealkylation sites (N-methyl/N-ethyl adjacent to an activating group) is 1. The van der Waals surface area contributed by atoms with Gasteiger partial charge in [0.05, 0.1) is 34.4 Å². The molecule has 9 heteroatoms. The molecule has 0 aliphatic rings. The highest BCUT2D eigenvalue weighted by Gasteiger charge is 2.26. The van der Waals surface area contributed by atoms with Gasteiger partial charge in [-0.05, 0) is 83.5 Å². The van der Waals surface area contributed by atoms with Gasteiger partial charge in [-0.3, -0.25) is 13.8 Å². The van der Waals surface area contributed by atoms with Crippen molar-refractivity contribution in [1.82, 2.24) is 0 Å². The van der Waals surface area contributed by atoms with Gasteiger partial charge in [0.1, 0.15) is 19.3 Å². The number of ether oxygens (including phenoxy) is 2. The van der Waals surface area contributed by atoms with E-state index in [1.165, 1.54) is 70.6 Å². The Balaban J connectivity index is 4.35. The van der Waals surface area contributed by atoms with Gasteiger partial charge in [-0.15, -0.1) is 0 Å². The van der Waals surface area contributed by atoms with E-state index in [1.807, 2.05) is 21.1 Å². The normalized spacial score (nSPS) is 14.6. The summed E-state index contributed by atoms with van der Waals surface area (Å²) in [6, 6.07) is 0. The third kappa shape index (κ3) is 44.6. The highest BCUT2D eigenvalue weighted by molar-refractivity contribution is 7.47. The van der Waals surface area contributed by atoms with Crippen molar-refractivity contribution >= 4 is 13.8 Å². The van der Waals surface area contributed by atoms with Crippen LogP contribution in [-0.4, -0.2) is 75.6 Å². The van der Waals surface area contributed by atoms with Gasteiger partial charge in [0, 0.05) is 13.0 Å². The van der Waals surface area contributed by atoms with Gasteiger partial charge < -0.3 is 18.9 Å². The lowest BCUT2D eigenvalue weighted by Gasteiger charge is -2.24. The molecule has 0 aliphatic carbocycles. The van der Waals surface area contributed by atoms with E-state index in [4.69, 9.17) is 18.5 Å². The molecule has 0 aromatic rings. The first-order valence-electron chi connectivity index (χ1n) is 22.3. The molecule has 0 heterocycles. The molecule has 328 valence electrons. The topological polar surface area (TPSA) is 91.3 Å². The quantitative estimate of drug-likeness (QED) is 0.0216. The Bertz CT molecular complexity index is 1180. The Morgan fingerprint density at radius 3 is 1.53 bits per heavy atom. The fourth-order valence-electron chi connectivity index (χ4n) is 5.50. The number of hydrogen-bond acceptors (Lipinski definition) is 6. The molecule has 0 radical (unpaired) electrons. The van der Waals surface area contributed by atoms with Crippen LogP contribution < -0.4 is 0 Å². The molecule has 0 saturated heterocycles. The first-order chi connectivity index (χ1) is 27.6. The summed E-state index contributed by atoms with van der Waals surface area (Å²) in [6.45, 7) is 5.37. The Morgan fingerprint density at radius 2 is 1.02 bits per heavy atom. The van der Waals surface area contributed by atoms with Crippen molar-refractivity contribution in [2.75, 3.05) is 54.1 Å². The lowest BCUT2D eigenvalue weighted by atomic mass is 10.1. The molecule has 1 N–H and O–H groups in total. The van der Waals surface area contributed by atoms with Crippen LogP contribution in [0.1, 0.15) is 155 Å². The summed E-state index contributed by atoms with van der Waals surface area (Å²) in [5.41, 5.74) is 0. The third-order valence-electron chi connectivity index (χ3n) is 8.94. The number of phosphoric ester groups is 1. The van der Waals surface area contributed by atoms with E-state index in [2.05, 4.69) is 98.9 Å². The Hall–Kier alpha value is -2.32. The van der Waals surface area contributed by atoms with Crippen LogP contribution in [0.2, 0.25) is 0 Å². The van der Waals surface area contributed by atoms with Crippen molar-refractivity contribution in [2.24, 2.45) is 0 Å². The number of phosphoric acid groups is 1. The maximum Gasteiger partial charge on any atom is 0.472 e. The van der Waals surface area contributed by atoms with Crippen LogP contribution in [0.5, 0.6) is 0 Å². The van der Waals surface area contributed by atoms with Crippen LogP contribution >= 0.6 is 7.82 Å². The number of carbonyl (C=O) groups excluding carboxylic acids is 1. The zero-order chi connectivity index (χ0) is 42.0. The van der Waals surface area contributed by atoms with E-state index >= 15 is 0 Å². The summed E-state index contributed by atoms with van der Waals surface area (Å²) in [4.78, 5) is 22.9. The van der Waals surface area contributed by atoms with Crippen molar-refractivity contribution in [2.45, 2.75) is 161 Å². The molecule has 2 unspecified atom stereocenters. The van der Waals surface area contributed by atoms with Crippen LogP contribution in [0.3, 0.4) is 0 Å². The molecule has 0 saturated carbocycles. The van der Waals surface area contributed by atoms with Crippen LogP contribution in [0.4, 0.5) is 0 Å². The smallest absolute Gasteiger partial charge is 0.457 e.